The normalized spacial score (nSPS) is 16.6. The Morgan fingerprint density at radius 3 is 2.44 bits per heavy atom. The van der Waals surface area contributed by atoms with Crippen LogP contribution in [0, 0.1) is 11.8 Å². The first-order valence-electron chi connectivity index (χ1n) is 6.11. The Bertz CT molecular complexity index is 195. The third-order valence-corrected chi connectivity index (χ3v) is 2.68. The quantitative estimate of drug-likeness (QED) is 0.579. The molecule has 0 rings (SSSR count). The molecule has 0 aliphatic rings. The van der Waals surface area contributed by atoms with Gasteiger partial charge in [-0.1, -0.05) is 20.3 Å². The van der Waals surface area contributed by atoms with Crippen molar-refractivity contribution in [3.63, 3.8) is 0 Å². The average molecular weight is 230 g/mol. The molecule has 0 aromatic rings. The maximum absolute atomic E-state index is 11.6. The minimum absolute atomic E-state index is 0.0321. The number of rotatable bonds is 8. The van der Waals surface area contributed by atoms with Crippen molar-refractivity contribution in [3.05, 3.63) is 0 Å². The summed E-state index contributed by atoms with van der Waals surface area (Å²) in [4.78, 5) is 11.6. The van der Waals surface area contributed by atoms with E-state index in [1.165, 1.54) is 0 Å². The first-order chi connectivity index (χ1) is 7.47. The fourth-order valence-electron chi connectivity index (χ4n) is 1.39. The molecule has 1 amide bonds. The summed E-state index contributed by atoms with van der Waals surface area (Å²) >= 11 is 0. The molecular formula is C12H26N2O2. The summed E-state index contributed by atoms with van der Waals surface area (Å²) in [5.41, 5.74) is 5.64. The summed E-state index contributed by atoms with van der Waals surface area (Å²) in [5.74, 6) is 0.231. The van der Waals surface area contributed by atoms with Crippen molar-refractivity contribution in [1.82, 2.24) is 5.32 Å². The van der Waals surface area contributed by atoms with Gasteiger partial charge < -0.3 is 16.2 Å². The van der Waals surface area contributed by atoms with E-state index in [9.17, 15) is 4.79 Å². The Kier molecular flexibility index (Phi) is 8.21. The molecule has 0 aliphatic carbocycles. The highest BCUT2D eigenvalue weighted by atomic mass is 16.3. The Balaban J connectivity index is 3.65. The van der Waals surface area contributed by atoms with Gasteiger partial charge in [0, 0.05) is 25.1 Å². The van der Waals surface area contributed by atoms with Crippen LogP contribution in [0.1, 0.15) is 40.0 Å². The third-order valence-electron chi connectivity index (χ3n) is 2.68. The van der Waals surface area contributed by atoms with Gasteiger partial charge in [0.05, 0.1) is 0 Å². The standard InChI is InChI=1S/C12H26N2O2/c1-9(8-15)7-14-12(16)10(2)5-4-6-11(3)13/h9-11,15H,4-8,13H2,1-3H3,(H,14,16). The van der Waals surface area contributed by atoms with Crippen molar-refractivity contribution in [2.24, 2.45) is 17.6 Å². The summed E-state index contributed by atoms with van der Waals surface area (Å²) in [6.45, 7) is 6.47. The second-order valence-electron chi connectivity index (χ2n) is 4.84. The molecule has 3 unspecified atom stereocenters. The number of hydrogen-bond donors (Lipinski definition) is 3. The zero-order chi connectivity index (χ0) is 12.6. The fraction of sp³-hybridized carbons (Fsp3) is 0.917. The van der Waals surface area contributed by atoms with Crippen LogP contribution in [-0.4, -0.2) is 30.2 Å². The van der Waals surface area contributed by atoms with Crippen LogP contribution in [0.3, 0.4) is 0 Å². The Morgan fingerprint density at radius 2 is 1.94 bits per heavy atom. The molecule has 0 radical (unpaired) electrons. The minimum atomic E-state index is 0.0321. The van der Waals surface area contributed by atoms with E-state index >= 15 is 0 Å². The van der Waals surface area contributed by atoms with Crippen molar-refractivity contribution in [2.75, 3.05) is 13.2 Å². The molecule has 0 saturated heterocycles. The van der Waals surface area contributed by atoms with E-state index in [1.807, 2.05) is 20.8 Å². The third kappa shape index (κ3) is 7.65. The average Bonchev–Trinajstić information content (AvgIpc) is 2.24. The Hall–Kier alpha value is -0.610. The van der Waals surface area contributed by atoms with Gasteiger partial charge in [0.25, 0.3) is 0 Å². The molecule has 4 N–H and O–H groups in total. The van der Waals surface area contributed by atoms with Crippen LogP contribution in [0.2, 0.25) is 0 Å². The van der Waals surface area contributed by atoms with Crippen molar-refractivity contribution >= 4 is 5.91 Å². The number of carbonyl (C=O) groups excluding carboxylic acids is 1. The van der Waals surface area contributed by atoms with Crippen molar-refractivity contribution in [1.29, 1.82) is 0 Å². The van der Waals surface area contributed by atoms with E-state index in [0.29, 0.717) is 6.54 Å². The van der Waals surface area contributed by atoms with Crippen LogP contribution < -0.4 is 11.1 Å². The molecule has 0 aliphatic heterocycles. The van der Waals surface area contributed by atoms with Crippen LogP contribution >= 0.6 is 0 Å². The van der Waals surface area contributed by atoms with E-state index in [1.54, 1.807) is 0 Å². The second kappa shape index (κ2) is 8.53. The minimum Gasteiger partial charge on any atom is -0.396 e. The van der Waals surface area contributed by atoms with Gasteiger partial charge in [0.15, 0.2) is 0 Å². The molecule has 0 aromatic heterocycles. The second-order valence-corrected chi connectivity index (χ2v) is 4.84. The lowest BCUT2D eigenvalue weighted by atomic mass is 10.0. The monoisotopic (exact) mass is 230 g/mol. The van der Waals surface area contributed by atoms with Crippen LogP contribution in [0.5, 0.6) is 0 Å². The summed E-state index contributed by atoms with van der Waals surface area (Å²) < 4.78 is 0. The zero-order valence-corrected chi connectivity index (χ0v) is 10.7. The van der Waals surface area contributed by atoms with Crippen LogP contribution in [0.15, 0.2) is 0 Å². The van der Waals surface area contributed by atoms with Crippen LogP contribution in [0.25, 0.3) is 0 Å². The van der Waals surface area contributed by atoms with E-state index in [-0.39, 0.29) is 30.4 Å². The van der Waals surface area contributed by atoms with Gasteiger partial charge in [-0.05, 0) is 25.7 Å². The number of amides is 1. The molecule has 0 spiro atoms. The summed E-state index contributed by atoms with van der Waals surface area (Å²) in [6, 6.07) is 0.213. The topological polar surface area (TPSA) is 75.4 Å². The lowest BCUT2D eigenvalue weighted by Crippen LogP contribution is -2.33. The molecule has 4 heteroatoms. The number of nitrogens with two attached hydrogens (primary N) is 1. The molecule has 4 nitrogen and oxygen atoms in total. The maximum Gasteiger partial charge on any atom is 0.222 e. The maximum atomic E-state index is 11.6. The van der Waals surface area contributed by atoms with Crippen molar-refractivity contribution in [2.45, 2.75) is 46.1 Å². The molecule has 16 heavy (non-hydrogen) atoms. The van der Waals surface area contributed by atoms with Gasteiger partial charge in [-0.25, -0.2) is 0 Å². The molecule has 0 heterocycles. The number of hydrogen-bond acceptors (Lipinski definition) is 3. The number of carbonyl (C=O) groups is 1. The zero-order valence-electron chi connectivity index (χ0n) is 10.7. The van der Waals surface area contributed by atoms with Crippen molar-refractivity contribution < 1.29 is 9.90 Å². The highest BCUT2D eigenvalue weighted by Gasteiger charge is 2.13. The molecule has 0 saturated carbocycles. The summed E-state index contributed by atoms with van der Waals surface area (Å²) in [7, 11) is 0. The van der Waals surface area contributed by atoms with Gasteiger partial charge in [-0.3, -0.25) is 4.79 Å². The smallest absolute Gasteiger partial charge is 0.222 e. The van der Waals surface area contributed by atoms with Crippen molar-refractivity contribution in [3.8, 4) is 0 Å². The van der Waals surface area contributed by atoms with Gasteiger partial charge in [-0.2, -0.15) is 0 Å². The predicted octanol–water partition coefficient (Wildman–Crippen LogP) is 0.885. The molecule has 3 atom stereocenters. The molecule has 0 bridgehead atoms. The van der Waals surface area contributed by atoms with Gasteiger partial charge in [0.1, 0.15) is 0 Å². The lowest BCUT2D eigenvalue weighted by Gasteiger charge is -2.14. The van der Waals surface area contributed by atoms with E-state index < -0.39 is 0 Å². The predicted molar refractivity (Wildman–Crippen MR) is 65.9 cm³/mol. The number of aliphatic hydroxyl groups is 1. The Morgan fingerprint density at radius 1 is 1.31 bits per heavy atom. The SMILES string of the molecule is CC(N)CCCC(C)C(=O)NCC(C)CO. The molecular weight excluding hydrogens is 204 g/mol. The Labute approximate surface area is 98.6 Å². The highest BCUT2D eigenvalue weighted by molar-refractivity contribution is 5.78. The van der Waals surface area contributed by atoms with Crippen LogP contribution in [-0.2, 0) is 4.79 Å². The largest absolute Gasteiger partial charge is 0.396 e. The van der Waals surface area contributed by atoms with Gasteiger partial charge in [-0.15, -0.1) is 0 Å². The van der Waals surface area contributed by atoms with Gasteiger partial charge in [0.2, 0.25) is 5.91 Å². The van der Waals surface area contributed by atoms with E-state index in [0.717, 1.165) is 19.3 Å². The number of nitrogens with one attached hydrogen (secondary N) is 1. The molecule has 0 aromatic carbocycles. The highest BCUT2D eigenvalue weighted by Crippen LogP contribution is 2.09. The van der Waals surface area contributed by atoms with Gasteiger partial charge >= 0.3 is 0 Å². The number of aliphatic hydroxyl groups excluding tert-OH is 1. The molecule has 96 valence electrons. The van der Waals surface area contributed by atoms with Crippen LogP contribution in [0.4, 0.5) is 0 Å². The van der Waals surface area contributed by atoms with E-state index in [4.69, 9.17) is 10.8 Å². The first kappa shape index (κ1) is 15.4. The molecule has 0 fully saturated rings. The first-order valence-corrected chi connectivity index (χ1v) is 6.11. The summed E-state index contributed by atoms with van der Waals surface area (Å²) in [6.07, 6.45) is 2.83. The van der Waals surface area contributed by atoms with E-state index in [2.05, 4.69) is 5.32 Å². The fourth-order valence-corrected chi connectivity index (χ4v) is 1.39. The summed E-state index contributed by atoms with van der Waals surface area (Å²) in [5, 5.41) is 11.7. The lowest BCUT2D eigenvalue weighted by molar-refractivity contribution is -0.124.